The smallest absolute Gasteiger partial charge is 0.364 e. The summed E-state index contributed by atoms with van der Waals surface area (Å²) in [6.45, 7) is 2.28. The molecule has 0 aromatic rings. The van der Waals surface area contributed by atoms with Crippen molar-refractivity contribution >= 4 is 5.97 Å². The fourth-order valence-electron chi connectivity index (χ4n) is 1.63. The zero-order chi connectivity index (χ0) is 11.8. The Bertz CT molecular complexity index is 280. The molecule has 0 aliphatic heterocycles. The Hall–Kier alpha value is -1.09. The highest BCUT2D eigenvalue weighted by Gasteiger charge is 2.11. The average molecular weight is 224 g/mol. The molecular weight excluding hydrogens is 202 g/mol. The highest BCUT2D eigenvalue weighted by Crippen LogP contribution is 2.17. The third-order valence-electron chi connectivity index (χ3n) is 2.64. The van der Waals surface area contributed by atoms with Crippen LogP contribution in [0.15, 0.2) is 23.8 Å². The largest absolute Gasteiger partial charge is 0.461 e. The van der Waals surface area contributed by atoms with E-state index in [1.54, 1.807) is 6.92 Å². The maximum Gasteiger partial charge on any atom is 0.364 e. The molecule has 0 amide bonds. The maximum absolute atomic E-state index is 11.1. The van der Waals surface area contributed by atoms with E-state index in [1.165, 1.54) is 18.4 Å². The van der Waals surface area contributed by atoms with Gasteiger partial charge in [0, 0.05) is 0 Å². The molecule has 1 aliphatic rings. The van der Waals surface area contributed by atoms with Gasteiger partial charge in [0.1, 0.15) is 0 Å². The Morgan fingerprint density at radius 3 is 3.00 bits per heavy atom. The molecule has 0 saturated heterocycles. The summed E-state index contributed by atoms with van der Waals surface area (Å²) >= 11 is 0. The van der Waals surface area contributed by atoms with E-state index in [-0.39, 0.29) is 12.0 Å². The summed E-state index contributed by atoms with van der Waals surface area (Å²) in [6.07, 6.45) is 12.0. The predicted molar refractivity (Wildman–Crippen MR) is 63.6 cm³/mol. The lowest BCUT2D eigenvalue weighted by molar-refractivity contribution is -0.402. The number of carbonyl (C=O) groups excluding carboxylic acids is 1. The summed E-state index contributed by atoms with van der Waals surface area (Å²) in [6, 6.07) is -0.258. The minimum absolute atomic E-state index is 0.195. The molecule has 0 spiro atoms. The molecule has 3 nitrogen and oxygen atoms in total. The number of quaternary nitrogens is 1. The maximum atomic E-state index is 11.1. The molecule has 1 atom stereocenters. The lowest BCUT2D eigenvalue weighted by atomic mass is 10.00. The van der Waals surface area contributed by atoms with Crippen LogP contribution in [0.2, 0.25) is 0 Å². The zero-order valence-corrected chi connectivity index (χ0v) is 10.1. The van der Waals surface area contributed by atoms with Gasteiger partial charge in [0.05, 0.1) is 6.61 Å². The SMILES string of the molecule is C[C@H]([NH3+])C(=O)OCCCCC1=CC=CCC1. The first-order valence-electron chi connectivity index (χ1n) is 6.04. The van der Waals surface area contributed by atoms with E-state index < -0.39 is 0 Å². The predicted octanol–water partition coefficient (Wildman–Crippen LogP) is 1.61. The number of unbranched alkanes of at least 4 members (excludes halogenated alkanes) is 1. The molecule has 0 radical (unpaired) electrons. The van der Waals surface area contributed by atoms with Gasteiger partial charge in [-0.15, -0.1) is 0 Å². The van der Waals surface area contributed by atoms with Gasteiger partial charge in [-0.3, -0.25) is 0 Å². The van der Waals surface area contributed by atoms with Crippen molar-refractivity contribution in [2.24, 2.45) is 0 Å². The Morgan fingerprint density at radius 1 is 1.56 bits per heavy atom. The second-order valence-corrected chi connectivity index (χ2v) is 4.32. The number of allylic oxidation sites excluding steroid dienone is 4. The quantitative estimate of drug-likeness (QED) is 0.550. The van der Waals surface area contributed by atoms with Crippen molar-refractivity contribution in [2.45, 2.75) is 45.1 Å². The molecule has 90 valence electrons. The van der Waals surface area contributed by atoms with Crippen molar-refractivity contribution in [3.8, 4) is 0 Å². The first-order valence-corrected chi connectivity index (χ1v) is 6.04. The van der Waals surface area contributed by atoms with E-state index in [1.807, 2.05) is 0 Å². The van der Waals surface area contributed by atoms with Crippen LogP contribution in [0.3, 0.4) is 0 Å². The first kappa shape index (κ1) is 13.0. The normalized spacial score (nSPS) is 16.8. The van der Waals surface area contributed by atoms with Gasteiger partial charge in [0.15, 0.2) is 6.04 Å². The summed E-state index contributed by atoms with van der Waals surface area (Å²) < 4.78 is 5.06. The second-order valence-electron chi connectivity index (χ2n) is 4.32. The molecule has 1 aliphatic carbocycles. The number of esters is 1. The van der Waals surface area contributed by atoms with Gasteiger partial charge >= 0.3 is 5.97 Å². The summed E-state index contributed by atoms with van der Waals surface area (Å²) in [4.78, 5) is 11.1. The van der Waals surface area contributed by atoms with E-state index in [4.69, 9.17) is 4.74 Å². The summed E-state index contributed by atoms with van der Waals surface area (Å²) in [5.41, 5.74) is 5.13. The third kappa shape index (κ3) is 5.12. The fraction of sp³-hybridized carbons (Fsp3) is 0.615. The van der Waals surface area contributed by atoms with E-state index in [0.717, 1.165) is 19.3 Å². The fourth-order valence-corrected chi connectivity index (χ4v) is 1.63. The monoisotopic (exact) mass is 224 g/mol. The van der Waals surface area contributed by atoms with Crippen LogP contribution in [0.5, 0.6) is 0 Å². The minimum Gasteiger partial charge on any atom is -0.461 e. The third-order valence-corrected chi connectivity index (χ3v) is 2.64. The lowest BCUT2D eigenvalue weighted by Gasteiger charge is -2.09. The van der Waals surface area contributed by atoms with Crippen molar-refractivity contribution in [3.63, 3.8) is 0 Å². The summed E-state index contributed by atoms with van der Waals surface area (Å²) in [5.74, 6) is -0.195. The van der Waals surface area contributed by atoms with E-state index in [0.29, 0.717) is 6.61 Å². The van der Waals surface area contributed by atoms with Gasteiger partial charge in [0.25, 0.3) is 0 Å². The van der Waals surface area contributed by atoms with Crippen LogP contribution in [-0.2, 0) is 9.53 Å². The molecule has 0 bridgehead atoms. The average Bonchev–Trinajstić information content (AvgIpc) is 2.29. The van der Waals surface area contributed by atoms with Gasteiger partial charge in [-0.1, -0.05) is 23.8 Å². The molecule has 0 fully saturated rings. The minimum atomic E-state index is -0.258. The van der Waals surface area contributed by atoms with Gasteiger partial charge in [-0.25, -0.2) is 4.79 Å². The van der Waals surface area contributed by atoms with Crippen molar-refractivity contribution in [1.29, 1.82) is 0 Å². The highest BCUT2D eigenvalue weighted by molar-refractivity contribution is 5.73. The molecule has 0 saturated carbocycles. The molecule has 1 rings (SSSR count). The Morgan fingerprint density at radius 2 is 2.38 bits per heavy atom. The van der Waals surface area contributed by atoms with Gasteiger partial charge < -0.3 is 10.5 Å². The Balaban J connectivity index is 2.02. The van der Waals surface area contributed by atoms with Crippen molar-refractivity contribution in [3.05, 3.63) is 23.8 Å². The number of carbonyl (C=O) groups is 1. The van der Waals surface area contributed by atoms with Crippen LogP contribution in [0.4, 0.5) is 0 Å². The van der Waals surface area contributed by atoms with Gasteiger partial charge in [-0.2, -0.15) is 0 Å². The lowest BCUT2D eigenvalue weighted by Crippen LogP contribution is -2.63. The molecule has 0 aromatic heterocycles. The van der Waals surface area contributed by atoms with Crippen LogP contribution >= 0.6 is 0 Å². The number of rotatable bonds is 6. The van der Waals surface area contributed by atoms with Gasteiger partial charge in [0.2, 0.25) is 0 Å². The number of hydrogen-bond donors (Lipinski definition) is 1. The molecule has 3 N–H and O–H groups in total. The molecule has 0 aromatic carbocycles. The van der Waals surface area contributed by atoms with Crippen molar-refractivity contribution in [1.82, 2.24) is 0 Å². The number of ether oxygens (including phenoxy) is 1. The molecule has 0 unspecified atom stereocenters. The van der Waals surface area contributed by atoms with E-state index >= 15 is 0 Å². The second kappa shape index (κ2) is 7.23. The van der Waals surface area contributed by atoms with Crippen LogP contribution in [-0.4, -0.2) is 18.6 Å². The van der Waals surface area contributed by atoms with Crippen LogP contribution < -0.4 is 5.73 Å². The summed E-state index contributed by atoms with van der Waals surface area (Å²) in [5, 5.41) is 0. The molecular formula is C13H22NO2+. The standard InChI is InChI=1S/C13H21NO2/c1-11(14)13(15)16-10-6-5-9-12-7-3-2-4-8-12/h2-3,7,11H,4-6,8-10,14H2,1H3/p+1/t11-/m0/s1. The first-order chi connectivity index (χ1) is 7.70. The topological polar surface area (TPSA) is 53.9 Å². The van der Waals surface area contributed by atoms with E-state index in [2.05, 4.69) is 24.0 Å². The van der Waals surface area contributed by atoms with E-state index in [9.17, 15) is 4.79 Å². The molecule has 16 heavy (non-hydrogen) atoms. The van der Waals surface area contributed by atoms with Crippen LogP contribution in [0.25, 0.3) is 0 Å². The van der Waals surface area contributed by atoms with Gasteiger partial charge in [-0.05, 0) is 39.0 Å². The molecule has 0 heterocycles. The highest BCUT2D eigenvalue weighted by atomic mass is 16.5. The Labute approximate surface area is 97.3 Å². The van der Waals surface area contributed by atoms with Crippen molar-refractivity contribution in [2.75, 3.05) is 6.61 Å². The van der Waals surface area contributed by atoms with Crippen molar-refractivity contribution < 1.29 is 15.3 Å². The molecule has 3 heteroatoms. The van der Waals surface area contributed by atoms with Crippen LogP contribution in [0.1, 0.15) is 39.0 Å². The Kier molecular flexibility index (Phi) is 5.86. The summed E-state index contributed by atoms with van der Waals surface area (Å²) in [7, 11) is 0. The zero-order valence-electron chi connectivity index (χ0n) is 10.1. The number of hydrogen-bond acceptors (Lipinski definition) is 2. The van der Waals surface area contributed by atoms with Crippen LogP contribution in [0, 0.1) is 0 Å².